The third-order valence-electron chi connectivity index (χ3n) is 6.01. The molecular formula is C23H25N5O2. The zero-order chi connectivity index (χ0) is 20.7. The van der Waals surface area contributed by atoms with Crippen LogP contribution in [0.25, 0.3) is 27.8 Å². The molecule has 0 radical (unpaired) electrons. The van der Waals surface area contributed by atoms with E-state index in [1.54, 1.807) is 12.1 Å². The molecule has 0 aliphatic heterocycles. The fraction of sp³-hybridized carbons (Fsp3) is 0.348. The van der Waals surface area contributed by atoms with E-state index in [4.69, 9.17) is 9.72 Å². The fourth-order valence-corrected chi connectivity index (χ4v) is 4.35. The number of hydrogen-bond acceptors (Lipinski definition) is 5. The summed E-state index contributed by atoms with van der Waals surface area (Å²) in [5.41, 5.74) is 5.08. The van der Waals surface area contributed by atoms with Crippen LogP contribution in [0.3, 0.4) is 0 Å². The summed E-state index contributed by atoms with van der Waals surface area (Å²) in [6, 6.07) is 10.2. The number of H-pyrrole nitrogens is 1. The van der Waals surface area contributed by atoms with E-state index in [0.717, 1.165) is 52.2 Å². The van der Waals surface area contributed by atoms with E-state index in [0.29, 0.717) is 11.6 Å². The van der Waals surface area contributed by atoms with Gasteiger partial charge in [-0.2, -0.15) is 5.10 Å². The SMILES string of the molecule is COC(=O)c1ccn2c(NC3CCCCC3)c(-c3ccc4n[nH]c(C)c4c3)nc2c1. The van der Waals surface area contributed by atoms with Gasteiger partial charge in [-0.25, -0.2) is 9.78 Å². The molecule has 7 nitrogen and oxygen atoms in total. The molecule has 1 aliphatic rings. The van der Waals surface area contributed by atoms with Gasteiger partial charge < -0.3 is 10.1 Å². The quantitative estimate of drug-likeness (QED) is 0.482. The zero-order valence-electron chi connectivity index (χ0n) is 17.2. The number of aromatic amines is 1. The Morgan fingerprint density at radius 1 is 1.20 bits per heavy atom. The molecule has 154 valence electrons. The molecule has 3 aromatic heterocycles. The number of ether oxygens (including phenoxy) is 1. The predicted molar refractivity (Wildman–Crippen MR) is 117 cm³/mol. The molecule has 1 fully saturated rings. The number of anilines is 1. The molecule has 0 atom stereocenters. The maximum Gasteiger partial charge on any atom is 0.338 e. The van der Waals surface area contributed by atoms with Gasteiger partial charge in [-0.05, 0) is 44.0 Å². The lowest BCUT2D eigenvalue weighted by Gasteiger charge is -2.24. The first-order chi connectivity index (χ1) is 14.6. The molecule has 30 heavy (non-hydrogen) atoms. The van der Waals surface area contributed by atoms with Crippen LogP contribution in [0.1, 0.15) is 48.2 Å². The molecule has 7 heteroatoms. The Bertz CT molecular complexity index is 1230. The number of aromatic nitrogens is 4. The Morgan fingerprint density at radius 3 is 2.83 bits per heavy atom. The van der Waals surface area contributed by atoms with E-state index < -0.39 is 0 Å². The summed E-state index contributed by atoms with van der Waals surface area (Å²) in [6.45, 7) is 2.02. The molecule has 2 N–H and O–H groups in total. The van der Waals surface area contributed by atoms with Gasteiger partial charge in [-0.15, -0.1) is 0 Å². The lowest BCUT2D eigenvalue weighted by Crippen LogP contribution is -2.23. The molecule has 0 unspecified atom stereocenters. The number of methoxy groups -OCH3 is 1. The van der Waals surface area contributed by atoms with E-state index >= 15 is 0 Å². The van der Waals surface area contributed by atoms with Gasteiger partial charge in [0.2, 0.25) is 0 Å². The van der Waals surface area contributed by atoms with Crippen LogP contribution in [0.15, 0.2) is 36.5 Å². The van der Waals surface area contributed by atoms with Crippen molar-refractivity contribution in [2.45, 2.75) is 45.1 Å². The van der Waals surface area contributed by atoms with Gasteiger partial charge in [-0.1, -0.05) is 25.3 Å². The Balaban J connectivity index is 1.66. The second-order valence-corrected chi connectivity index (χ2v) is 8.00. The van der Waals surface area contributed by atoms with Crippen molar-refractivity contribution in [2.24, 2.45) is 0 Å². The minimum absolute atomic E-state index is 0.362. The molecular weight excluding hydrogens is 378 g/mol. The second kappa shape index (κ2) is 7.48. The smallest absolute Gasteiger partial charge is 0.338 e. The fourth-order valence-electron chi connectivity index (χ4n) is 4.35. The van der Waals surface area contributed by atoms with Gasteiger partial charge in [0.05, 0.1) is 18.2 Å². The number of imidazole rings is 1. The minimum atomic E-state index is -0.362. The van der Waals surface area contributed by atoms with E-state index in [2.05, 4.69) is 27.6 Å². The zero-order valence-corrected chi connectivity index (χ0v) is 17.2. The van der Waals surface area contributed by atoms with E-state index in [9.17, 15) is 4.79 Å². The lowest BCUT2D eigenvalue weighted by atomic mass is 9.95. The summed E-state index contributed by atoms with van der Waals surface area (Å²) < 4.78 is 6.91. The van der Waals surface area contributed by atoms with E-state index in [-0.39, 0.29) is 5.97 Å². The Morgan fingerprint density at radius 2 is 2.03 bits per heavy atom. The number of carbonyl (C=O) groups is 1. The third kappa shape index (κ3) is 3.20. The number of benzene rings is 1. The highest BCUT2D eigenvalue weighted by atomic mass is 16.5. The highest BCUT2D eigenvalue weighted by Gasteiger charge is 2.21. The number of aryl methyl sites for hydroxylation is 1. The van der Waals surface area contributed by atoms with Gasteiger partial charge >= 0.3 is 5.97 Å². The number of nitrogens with zero attached hydrogens (tertiary/aromatic N) is 3. The van der Waals surface area contributed by atoms with Crippen molar-refractivity contribution in [1.29, 1.82) is 0 Å². The number of esters is 1. The summed E-state index contributed by atoms with van der Waals surface area (Å²) in [4.78, 5) is 16.9. The Kier molecular flexibility index (Phi) is 4.65. The number of hydrogen-bond donors (Lipinski definition) is 2. The van der Waals surface area contributed by atoms with Crippen LogP contribution in [0, 0.1) is 6.92 Å². The predicted octanol–water partition coefficient (Wildman–Crippen LogP) is 4.72. The monoisotopic (exact) mass is 403 g/mol. The normalized spacial score (nSPS) is 15.0. The van der Waals surface area contributed by atoms with Crippen LogP contribution in [-0.2, 0) is 4.74 Å². The summed E-state index contributed by atoms with van der Waals surface area (Å²) in [5.74, 6) is 0.605. The third-order valence-corrected chi connectivity index (χ3v) is 6.01. The van der Waals surface area contributed by atoms with Crippen molar-refractivity contribution < 1.29 is 9.53 Å². The maximum absolute atomic E-state index is 12.0. The number of nitrogens with one attached hydrogen (secondary N) is 2. The molecule has 5 rings (SSSR count). The first-order valence-corrected chi connectivity index (χ1v) is 10.5. The number of pyridine rings is 1. The van der Waals surface area contributed by atoms with Crippen molar-refractivity contribution in [2.75, 3.05) is 12.4 Å². The van der Waals surface area contributed by atoms with Crippen LogP contribution in [-0.4, -0.2) is 38.7 Å². The first kappa shape index (κ1) is 18.7. The number of rotatable bonds is 4. The summed E-state index contributed by atoms with van der Waals surface area (Å²) in [7, 11) is 1.39. The number of fused-ring (bicyclic) bond motifs is 2. The highest BCUT2D eigenvalue weighted by Crippen LogP contribution is 2.33. The Labute approximate surface area is 174 Å². The van der Waals surface area contributed by atoms with Crippen LogP contribution < -0.4 is 5.32 Å². The lowest BCUT2D eigenvalue weighted by molar-refractivity contribution is 0.0600. The molecule has 4 aromatic rings. The van der Waals surface area contributed by atoms with Crippen LogP contribution >= 0.6 is 0 Å². The van der Waals surface area contributed by atoms with Crippen LogP contribution in [0.4, 0.5) is 5.82 Å². The van der Waals surface area contributed by atoms with Gasteiger partial charge in [0.15, 0.2) is 0 Å². The summed E-state index contributed by atoms with van der Waals surface area (Å²) in [5, 5.41) is 12.2. The molecule has 0 amide bonds. The summed E-state index contributed by atoms with van der Waals surface area (Å²) in [6.07, 6.45) is 8.01. The average molecular weight is 403 g/mol. The molecule has 1 saturated carbocycles. The summed E-state index contributed by atoms with van der Waals surface area (Å²) >= 11 is 0. The second-order valence-electron chi connectivity index (χ2n) is 8.00. The highest BCUT2D eigenvalue weighted by molar-refractivity contribution is 5.92. The van der Waals surface area contributed by atoms with Gasteiger partial charge in [-0.3, -0.25) is 9.50 Å². The molecule has 0 bridgehead atoms. The molecule has 0 saturated heterocycles. The largest absolute Gasteiger partial charge is 0.465 e. The van der Waals surface area contributed by atoms with Gasteiger partial charge in [0, 0.05) is 28.9 Å². The first-order valence-electron chi connectivity index (χ1n) is 10.5. The standard InChI is InChI=1S/C23H25N5O2/c1-14-18-12-15(8-9-19(18)27-26-14)21-22(24-17-6-4-3-5-7-17)28-11-10-16(23(29)30-2)13-20(28)25-21/h8-13,17,24H,3-7H2,1-2H3,(H,26,27). The van der Waals surface area contributed by atoms with Crippen molar-refractivity contribution in [3.63, 3.8) is 0 Å². The molecule has 0 spiro atoms. The van der Waals surface area contributed by atoms with Crippen molar-refractivity contribution in [1.82, 2.24) is 19.6 Å². The van der Waals surface area contributed by atoms with E-state index in [1.807, 2.05) is 23.6 Å². The Hall–Kier alpha value is -3.35. The van der Waals surface area contributed by atoms with Crippen molar-refractivity contribution in [3.8, 4) is 11.3 Å². The number of carbonyl (C=O) groups excluding carboxylic acids is 1. The molecule has 1 aliphatic carbocycles. The van der Waals surface area contributed by atoms with Crippen LogP contribution in [0.2, 0.25) is 0 Å². The van der Waals surface area contributed by atoms with Crippen molar-refractivity contribution in [3.05, 3.63) is 47.8 Å². The molecule has 1 aromatic carbocycles. The maximum atomic E-state index is 12.0. The van der Waals surface area contributed by atoms with Gasteiger partial charge in [0.1, 0.15) is 17.2 Å². The van der Waals surface area contributed by atoms with Gasteiger partial charge in [0.25, 0.3) is 0 Å². The topological polar surface area (TPSA) is 84.3 Å². The van der Waals surface area contributed by atoms with E-state index in [1.165, 1.54) is 26.4 Å². The average Bonchev–Trinajstić information content (AvgIpc) is 3.33. The minimum Gasteiger partial charge on any atom is -0.465 e. The molecule has 3 heterocycles. The van der Waals surface area contributed by atoms with Crippen LogP contribution in [0.5, 0.6) is 0 Å². The van der Waals surface area contributed by atoms with Crippen molar-refractivity contribution >= 4 is 28.3 Å².